The Labute approximate surface area is 178 Å². The van der Waals surface area contributed by atoms with Crippen molar-refractivity contribution < 1.29 is 13.7 Å². The maximum Gasteiger partial charge on any atom is 0.254 e. The van der Waals surface area contributed by atoms with Crippen molar-refractivity contribution in [2.24, 2.45) is 0 Å². The van der Waals surface area contributed by atoms with Crippen LogP contribution in [0.15, 0.2) is 89.5 Å². The average Bonchev–Trinajstić information content (AvgIpc) is 3.23. The van der Waals surface area contributed by atoms with Gasteiger partial charge in [-0.3, -0.25) is 4.79 Å². The predicted octanol–water partition coefficient (Wildman–Crippen LogP) is 5.98. The number of hydrogen-bond donors (Lipinski definition) is 0. The Bertz CT molecular complexity index is 1130. The van der Waals surface area contributed by atoms with Crippen LogP contribution in [-0.4, -0.2) is 16.0 Å². The third-order valence-corrected chi connectivity index (χ3v) is 4.89. The zero-order valence-corrected chi connectivity index (χ0v) is 16.7. The number of benzene rings is 3. The summed E-state index contributed by atoms with van der Waals surface area (Å²) in [5.41, 5.74) is 2.86. The van der Waals surface area contributed by atoms with Crippen molar-refractivity contribution in [2.75, 3.05) is 0 Å². The molecule has 6 heteroatoms. The summed E-state index contributed by atoms with van der Waals surface area (Å²) in [4.78, 5) is 14.9. The number of hydrogen-bond acceptors (Lipinski definition) is 3. The normalized spacial score (nSPS) is 10.7. The van der Waals surface area contributed by atoms with Gasteiger partial charge in [0.25, 0.3) is 5.91 Å². The largest absolute Gasteiger partial charge is 0.356 e. The Morgan fingerprint density at radius 3 is 2.33 bits per heavy atom. The Morgan fingerprint density at radius 1 is 0.933 bits per heavy atom. The van der Waals surface area contributed by atoms with Crippen LogP contribution < -0.4 is 0 Å². The molecule has 0 saturated carbocycles. The third kappa shape index (κ3) is 4.75. The summed E-state index contributed by atoms with van der Waals surface area (Å²) in [5.74, 6) is 0.0616. The molecule has 0 spiro atoms. The Kier molecular flexibility index (Phi) is 5.91. The van der Waals surface area contributed by atoms with E-state index in [-0.39, 0.29) is 18.3 Å². The van der Waals surface area contributed by atoms with Crippen LogP contribution in [0.5, 0.6) is 0 Å². The second-order valence-electron chi connectivity index (χ2n) is 6.84. The van der Waals surface area contributed by atoms with Crippen LogP contribution in [0.4, 0.5) is 4.39 Å². The number of aromatic nitrogens is 1. The van der Waals surface area contributed by atoms with Gasteiger partial charge in [0.05, 0.1) is 6.54 Å². The topological polar surface area (TPSA) is 46.3 Å². The van der Waals surface area contributed by atoms with Gasteiger partial charge in [-0.05, 0) is 54.1 Å². The van der Waals surface area contributed by atoms with Gasteiger partial charge >= 0.3 is 0 Å². The van der Waals surface area contributed by atoms with Crippen LogP contribution in [0.1, 0.15) is 21.6 Å². The van der Waals surface area contributed by atoms with E-state index in [2.05, 4.69) is 5.16 Å². The van der Waals surface area contributed by atoms with Gasteiger partial charge in [-0.1, -0.05) is 47.1 Å². The molecule has 0 bridgehead atoms. The number of carbonyl (C=O) groups excluding carboxylic acids is 1. The molecule has 0 radical (unpaired) electrons. The van der Waals surface area contributed by atoms with Crippen LogP contribution in [0.25, 0.3) is 11.3 Å². The first-order chi connectivity index (χ1) is 14.6. The van der Waals surface area contributed by atoms with E-state index in [1.807, 2.05) is 30.3 Å². The van der Waals surface area contributed by atoms with Crippen molar-refractivity contribution in [3.63, 3.8) is 0 Å². The molecule has 4 nitrogen and oxygen atoms in total. The van der Waals surface area contributed by atoms with Gasteiger partial charge in [-0.2, -0.15) is 0 Å². The lowest BCUT2D eigenvalue weighted by molar-refractivity contribution is 0.0726. The summed E-state index contributed by atoms with van der Waals surface area (Å²) in [5, 5.41) is 4.67. The van der Waals surface area contributed by atoms with E-state index >= 15 is 0 Å². The Morgan fingerprint density at radius 2 is 1.63 bits per heavy atom. The SMILES string of the molecule is O=C(c1ccc(Cl)cc1)N(Cc1ccccc1)Cc1cc(-c2ccc(F)cc2)on1. The number of amides is 1. The van der Waals surface area contributed by atoms with Crippen molar-refractivity contribution in [1.29, 1.82) is 0 Å². The highest BCUT2D eigenvalue weighted by atomic mass is 35.5. The number of nitrogens with zero attached hydrogens (tertiary/aromatic N) is 2. The highest BCUT2D eigenvalue weighted by Crippen LogP contribution is 2.22. The molecule has 1 heterocycles. The minimum atomic E-state index is -0.318. The molecule has 0 aliphatic heterocycles. The van der Waals surface area contributed by atoms with Crippen molar-refractivity contribution in [3.8, 4) is 11.3 Å². The first-order valence-corrected chi connectivity index (χ1v) is 9.76. The molecule has 0 atom stereocenters. The van der Waals surface area contributed by atoms with Gasteiger partial charge in [0, 0.05) is 28.8 Å². The second-order valence-corrected chi connectivity index (χ2v) is 7.28. The zero-order chi connectivity index (χ0) is 20.9. The van der Waals surface area contributed by atoms with Crippen molar-refractivity contribution in [2.45, 2.75) is 13.1 Å². The molecule has 1 amide bonds. The molecule has 0 aliphatic rings. The summed E-state index contributed by atoms with van der Waals surface area (Å²) in [6.07, 6.45) is 0. The first kappa shape index (κ1) is 19.9. The Balaban J connectivity index is 1.58. The molecule has 150 valence electrons. The molecule has 0 saturated heterocycles. The van der Waals surface area contributed by atoms with Crippen LogP contribution >= 0.6 is 11.6 Å². The number of carbonyl (C=O) groups is 1. The van der Waals surface area contributed by atoms with Crippen molar-refractivity contribution >= 4 is 17.5 Å². The van der Waals surface area contributed by atoms with Crippen LogP contribution in [0, 0.1) is 5.82 Å². The van der Waals surface area contributed by atoms with Crippen LogP contribution in [0.2, 0.25) is 5.02 Å². The monoisotopic (exact) mass is 420 g/mol. The lowest BCUT2D eigenvalue weighted by Gasteiger charge is -2.22. The summed E-state index contributed by atoms with van der Waals surface area (Å²) in [6, 6.07) is 24.3. The van der Waals surface area contributed by atoms with E-state index in [4.69, 9.17) is 16.1 Å². The second kappa shape index (κ2) is 8.93. The van der Waals surface area contributed by atoms with Gasteiger partial charge in [0.2, 0.25) is 0 Å². The zero-order valence-electron chi connectivity index (χ0n) is 16.0. The van der Waals surface area contributed by atoms with Crippen molar-refractivity contribution in [3.05, 3.63) is 113 Å². The molecule has 4 rings (SSSR count). The van der Waals surface area contributed by atoms with Crippen molar-refractivity contribution in [1.82, 2.24) is 10.1 Å². The molecular weight excluding hydrogens is 403 g/mol. The van der Waals surface area contributed by atoms with Gasteiger partial charge < -0.3 is 9.42 Å². The van der Waals surface area contributed by atoms with E-state index in [0.717, 1.165) is 5.56 Å². The van der Waals surface area contributed by atoms with Crippen LogP contribution in [-0.2, 0) is 13.1 Å². The number of halogens is 2. The molecule has 1 aromatic heterocycles. The number of rotatable bonds is 6. The average molecular weight is 421 g/mol. The summed E-state index contributed by atoms with van der Waals surface area (Å²) >= 11 is 5.96. The maximum absolute atomic E-state index is 13.2. The quantitative estimate of drug-likeness (QED) is 0.385. The molecule has 0 unspecified atom stereocenters. The summed E-state index contributed by atoms with van der Waals surface area (Å²) in [6.45, 7) is 0.683. The summed E-state index contributed by atoms with van der Waals surface area (Å²) < 4.78 is 18.6. The highest BCUT2D eigenvalue weighted by Gasteiger charge is 2.19. The van der Waals surface area contributed by atoms with Gasteiger partial charge in [-0.15, -0.1) is 0 Å². The van der Waals surface area contributed by atoms with E-state index in [1.54, 1.807) is 47.4 Å². The molecule has 30 heavy (non-hydrogen) atoms. The molecule has 3 aromatic carbocycles. The summed E-state index contributed by atoms with van der Waals surface area (Å²) in [7, 11) is 0. The fourth-order valence-electron chi connectivity index (χ4n) is 3.11. The lowest BCUT2D eigenvalue weighted by atomic mass is 10.1. The third-order valence-electron chi connectivity index (χ3n) is 4.64. The van der Waals surface area contributed by atoms with E-state index in [9.17, 15) is 9.18 Å². The molecule has 0 fully saturated rings. The van der Waals surface area contributed by atoms with E-state index in [1.165, 1.54) is 12.1 Å². The predicted molar refractivity (Wildman–Crippen MR) is 113 cm³/mol. The van der Waals surface area contributed by atoms with Crippen LogP contribution in [0.3, 0.4) is 0 Å². The van der Waals surface area contributed by atoms with Gasteiger partial charge in [-0.25, -0.2) is 4.39 Å². The fourth-order valence-corrected chi connectivity index (χ4v) is 3.24. The van der Waals surface area contributed by atoms with E-state index in [0.29, 0.717) is 34.1 Å². The lowest BCUT2D eigenvalue weighted by Crippen LogP contribution is -2.30. The molecular formula is C24H18ClFN2O2. The van der Waals surface area contributed by atoms with Gasteiger partial charge in [0.1, 0.15) is 11.5 Å². The Hall–Kier alpha value is -3.44. The van der Waals surface area contributed by atoms with E-state index < -0.39 is 0 Å². The minimum Gasteiger partial charge on any atom is -0.356 e. The maximum atomic E-state index is 13.2. The highest BCUT2D eigenvalue weighted by molar-refractivity contribution is 6.30. The molecule has 0 N–H and O–H groups in total. The smallest absolute Gasteiger partial charge is 0.254 e. The first-order valence-electron chi connectivity index (χ1n) is 9.39. The molecule has 0 aliphatic carbocycles. The van der Waals surface area contributed by atoms with Gasteiger partial charge in [0.15, 0.2) is 5.76 Å². The fraction of sp³-hybridized carbons (Fsp3) is 0.0833. The molecule has 4 aromatic rings. The minimum absolute atomic E-state index is 0.137. The standard InChI is InChI=1S/C24H18ClFN2O2/c25-20-10-6-19(7-11-20)24(29)28(15-17-4-2-1-3-5-17)16-22-14-23(30-27-22)18-8-12-21(26)13-9-18/h1-14H,15-16H2.